The molecule has 0 bridgehead atoms. The quantitative estimate of drug-likeness (QED) is 0.283. The average molecular weight is 503 g/mol. The van der Waals surface area contributed by atoms with E-state index in [1.54, 1.807) is 0 Å². The molecule has 0 N–H and O–H groups in total. The molecule has 7 heteroatoms. The summed E-state index contributed by atoms with van der Waals surface area (Å²) >= 11 is 0. The molecule has 0 aliphatic carbocycles. The third kappa shape index (κ3) is 6.38. The predicted octanol–water partition coefficient (Wildman–Crippen LogP) is 5.17. The molecule has 0 saturated carbocycles. The Hall–Kier alpha value is -3.65. The molecule has 4 aromatic carbocycles. The van der Waals surface area contributed by atoms with Crippen LogP contribution >= 0.6 is 0 Å². The Morgan fingerprint density at radius 2 is 1.16 bits per heavy atom. The summed E-state index contributed by atoms with van der Waals surface area (Å²) in [4.78, 5) is 13.4. The molecule has 1 heterocycles. The zero-order valence-corrected chi connectivity index (χ0v) is 20.6. The van der Waals surface area contributed by atoms with Gasteiger partial charge < -0.3 is 28.4 Å². The Morgan fingerprint density at radius 1 is 0.622 bits per heavy atom. The first kappa shape index (κ1) is 25.0. The van der Waals surface area contributed by atoms with E-state index in [-0.39, 0.29) is 12.6 Å². The average Bonchev–Trinajstić information content (AvgIpc) is 2.94. The van der Waals surface area contributed by atoms with E-state index in [0.717, 1.165) is 27.1 Å². The van der Waals surface area contributed by atoms with Crippen LogP contribution in [0.2, 0.25) is 0 Å². The van der Waals surface area contributed by atoms with Crippen LogP contribution in [0.1, 0.15) is 15.9 Å². The number of carbonyl (C=O) groups is 1. The molecule has 4 aromatic rings. The number of rotatable bonds is 3. The highest BCUT2D eigenvalue weighted by Crippen LogP contribution is 2.31. The lowest BCUT2D eigenvalue weighted by atomic mass is 9.97. The van der Waals surface area contributed by atoms with Crippen molar-refractivity contribution in [1.29, 1.82) is 0 Å². The summed E-state index contributed by atoms with van der Waals surface area (Å²) in [6.45, 7) is 3.74. The van der Waals surface area contributed by atoms with Crippen molar-refractivity contribution < 1.29 is 33.2 Å². The lowest BCUT2D eigenvalue weighted by Gasteiger charge is -2.15. The van der Waals surface area contributed by atoms with Gasteiger partial charge in [-0.25, -0.2) is 4.79 Å². The van der Waals surface area contributed by atoms with Crippen LogP contribution in [0.15, 0.2) is 72.8 Å². The highest BCUT2D eigenvalue weighted by molar-refractivity contribution is 6.16. The highest BCUT2D eigenvalue weighted by atomic mass is 16.6. The summed E-state index contributed by atoms with van der Waals surface area (Å²) in [6.07, 6.45) is 0. The van der Waals surface area contributed by atoms with Crippen molar-refractivity contribution in [3.8, 4) is 11.5 Å². The van der Waals surface area contributed by atoms with E-state index in [0.29, 0.717) is 69.9 Å². The first-order valence-electron chi connectivity index (χ1n) is 12.5. The topological polar surface area (TPSA) is 72.5 Å². The van der Waals surface area contributed by atoms with Crippen LogP contribution in [0.5, 0.6) is 11.5 Å². The second kappa shape index (κ2) is 12.5. The summed E-state index contributed by atoms with van der Waals surface area (Å²) in [7, 11) is 0. The van der Waals surface area contributed by atoms with Gasteiger partial charge in [0.05, 0.1) is 45.2 Å². The molecule has 0 fully saturated rings. The standard InChI is InChI=1S/C30H30O7/c31-30(29-25-7-3-1-5-23(25)20-24-6-2-4-8-26(24)29)37-21-22-9-10-27-28(19-22)36-18-16-34-14-12-32-11-13-33-15-17-35-27/h1-10,19-20H,11-18,21H2. The molecule has 1 aliphatic rings. The molecular weight excluding hydrogens is 472 g/mol. The van der Waals surface area contributed by atoms with E-state index >= 15 is 0 Å². The molecule has 7 nitrogen and oxygen atoms in total. The first-order valence-corrected chi connectivity index (χ1v) is 12.5. The van der Waals surface area contributed by atoms with Gasteiger partial charge in [0.2, 0.25) is 0 Å². The number of ether oxygens (including phenoxy) is 6. The van der Waals surface area contributed by atoms with Crippen LogP contribution in [0.4, 0.5) is 0 Å². The van der Waals surface area contributed by atoms with E-state index in [2.05, 4.69) is 6.07 Å². The Morgan fingerprint density at radius 3 is 1.78 bits per heavy atom. The largest absolute Gasteiger partial charge is 0.487 e. The van der Waals surface area contributed by atoms with Crippen molar-refractivity contribution in [3.63, 3.8) is 0 Å². The summed E-state index contributed by atoms with van der Waals surface area (Å²) in [5.74, 6) is 0.804. The molecule has 0 atom stereocenters. The summed E-state index contributed by atoms with van der Waals surface area (Å²) < 4.78 is 34.1. The Bertz CT molecular complexity index is 1300. The third-order valence-electron chi connectivity index (χ3n) is 6.07. The maximum atomic E-state index is 13.4. The highest BCUT2D eigenvalue weighted by Gasteiger charge is 2.17. The Kier molecular flexibility index (Phi) is 8.48. The molecule has 192 valence electrons. The summed E-state index contributed by atoms with van der Waals surface area (Å²) in [5.41, 5.74) is 1.37. The van der Waals surface area contributed by atoms with Crippen LogP contribution in [-0.2, 0) is 25.6 Å². The number of hydrogen-bond donors (Lipinski definition) is 0. The number of esters is 1. The van der Waals surface area contributed by atoms with Gasteiger partial charge in [0, 0.05) is 0 Å². The van der Waals surface area contributed by atoms with Gasteiger partial charge in [-0.3, -0.25) is 0 Å². The fourth-order valence-corrected chi connectivity index (χ4v) is 4.29. The van der Waals surface area contributed by atoms with E-state index in [9.17, 15) is 4.79 Å². The van der Waals surface area contributed by atoms with Gasteiger partial charge in [0.15, 0.2) is 11.5 Å². The van der Waals surface area contributed by atoms with Gasteiger partial charge in [0.1, 0.15) is 19.8 Å². The van der Waals surface area contributed by atoms with E-state index in [1.807, 2.05) is 66.7 Å². The second-order valence-electron chi connectivity index (χ2n) is 8.59. The number of hydrogen-bond acceptors (Lipinski definition) is 7. The van der Waals surface area contributed by atoms with Gasteiger partial charge in [-0.05, 0) is 45.3 Å². The Balaban J connectivity index is 1.33. The van der Waals surface area contributed by atoms with E-state index in [4.69, 9.17) is 28.4 Å². The monoisotopic (exact) mass is 502 g/mol. The minimum Gasteiger partial charge on any atom is -0.487 e. The minimum absolute atomic E-state index is 0.101. The second-order valence-corrected chi connectivity index (χ2v) is 8.59. The van der Waals surface area contributed by atoms with Crippen LogP contribution in [0, 0.1) is 0 Å². The van der Waals surface area contributed by atoms with Gasteiger partial charge in [-0.2, -0.15) is 0 Å². The third-order valence-corrected chi connectivity index (χ3v) is 6.07. The SMILES string of the molecule is O=C(OCc1ccc2c(c1)OCCOCCOCCOCCO2)c1c2ccccc2cc2ccccc12. The zero-order chi connectivity index (χ0) is 25.3. The molecule has 0 saturated heterocycles. The molecule has 0 aromatic heterocycles. The summed E-state index contributed by atoms with van der Waals surface area (Å²) in [5, 5.41) is 3.74. The lowest BCUT2D eigenvalue weighted by molar-refractivity contribution is 0.00708. The number of fused-ring (bicyclic) bond motifs is 3. The number of carbonyl (C=O) groups excluding carboxylic acids is 1. The normalized spacial score (nSPS) is 15.6. The Labute approximate surface area is 215 Å². The fourth-order valence-electron chi connectivity index (χ4n) is 4.29. The van der Waals surface area contributed by atoms with Crippen molar-refractivity contribution in [1.82, 2.24) is 0 Å². The molecule has 0 amide bonds. The van der Waals surface area contributed by atoms with Crippen LogP contribution in [-0.4, -0.2) is 58.8 Å². The van der Waals surface area contributed by atoms with Gasteiger partial charge in [-0.1, -0.05) is 54.6 Å². The maximum absolute atomic E-state index is 13.4. The van der Waals surface area contributed by atoms with Crippen LogP contribution in [0.25, 0.3) is 21.5 Å². The molecule has 5 rings (SSSR count). The van der Waals surface area contributed by atoms with Gasteiger partial charge >= 0.3 is 5.97 Å². The summed E-state index contributed by atoms with van der Waals surface area (Å²) in [6, 6.07) is 23.4. The van der Waals surface area contributed by atoms with Crippen molar-refractivity contribution >= 4 is 27.5 Å². The van der Waals surface area contributed by atoms with Crippen molar-refractivity contribution in [3.05, 3.63) is 83.9 Å². The zero-order valence-electron chi connectivity index (χ0n) is 20.6. The lowest BCUT2D eigenvalue weighted by Crippen LogP contribution is -2.13. The molecule has 37 heavy (non-hydrogen) atoms. The molecule has 0 unspecified atom stereocenters. The predicted molar refractivity (Wildman–Crippen MR) is 140 cm³/mol. The van der Waals surface area contributed by atoms with Crippen molar-refractivity contribution in [2.75, 3.05) is 52.9 Å². The van der Waals surface area contributed by atoms with E-state index < -0.39 is 0 Å². The molecule has 0 radical (unpaired) electrons. The van der Waals surface area contributed by atoms with Gasteiger partial charge in [0.25, 0.3) is 0 Å². The molecular formula is C30H30O7. The molecule has 1 aliphatic heterocycles. The van der Waals surface area contributed by atoms with Crippen molar-refractivity contribution in [2.45, 2.75) is 6.61 Å². The van der Waals surface area contributed by atoms with Crippen LogP contribution in [0.3, 0.4) is 0 Å². The fraction of sp³-hybridized carbons (Fsp3) is 0.300. The van der Waals surface area contributed by atoms with Crippen molar-refractivity contribution in [2.24, 2.45) is 0 Å². The van der Waals surface area contributed by atoms with Crippen LogP contribution < -0.4 is 9.47 Å². The first-order chi connectivity index (χ1) is 18.3. The molecule has 0 spiro atoms. The van der Waals surface area contributed by atoms with E-state index in [1.165, 1.54) is 0 Å². The van der Waals surface area contributed by atoms with Gasteiger partial charge in [-0.15, -0.1) is 0 Å². The minimum atomic E-state index is -0.367. The number of benzene rings is 4. The smallest absolute Gasteiger partial charge is 0.339 e. The maximum Gasteiger partial charge on any atom is 0.339 e.